The van der Waals surface area contributed by atoms with Crippen molar-refractivity contribution in [2.75, 3.05) is 66.5 Å². The summed E-state index contributed by atoms with van der Waals surface area (Å²) in [5.41, 5.74) is 0. The Kier molecular flexibility index (Phi) is 11.4. The van der Waals surface area contributed by atoms with E-state index in [1.807, 2.05) is 7.05 Å². The average Bonchev–Trinajstić information content (AvgIpc) is 3.08. The van der Waals surface area contributed by atoms with E-state index in [1.54, 1.807) is 0 Å². The van der Waals surface area contributed by atoms with E-state index in [9.17, 15) is 0 Å². The lowest BCUT2D eigenvalue weighted by Gasteiger charge is -2.34. The van der Waals surface area contributed by atoms with Crippen molar-refractivity contribution in [3.05, 3.63) is 0 Å². The van der Waals surface area contributed by atoms with Gasteiger partial charge in [0.1, 0.15) is 0 Å². The van der Waals surface area contributed by atoms with Gasteiger partial charge in [0.15, 0.2) is 5.96 Å². The summed E-state index contributed by atoms with van der Waals surface area (Å²) in [7, 11) is 4.15. The highest BCUT2D eigenvalue weighted by molar-refractivity contribution is 14.0. The molecule has 2 fully saturated rings. The number of hydrogen-bond donors (Lipinski definition) is 1. The number of piperazine rings is 1. The second-order valence-corrected chi connectivity index (χ2v) is 8.21. The smallest absolute Gasteiger partial charge is 0.193 e. The van der Waals surface area contributed by atoms with Crippen molar-refractivity contribution in [3.8, 4) is 0 Å². The van der Waals surface area contributed by atoms with E-state index in [1.165, 1.54) is 58.5 Å². The molecule has 2 atom stereocenters. The largest absolute Gasteiger partial charge is 0.356 e. The molecule has 0 amide bonds. The Morgan fingerprint density at radius 3 is 2.35 bits per heavy atom. The van der Waals surface area contributed by atoms with Gasteiger partial charge in [-0.2, -0.15) is 0 Å². The normalized spacial score (nSPS) is 24.0. The van der Waals surface area contributed by atoms with Gasteiger partial charge >= 0.3 is 0 Å². The molecule has 1 N–H and O–H groups in total. The summed E-state index contributed by atoms with van der Waals surface area (Å²) in [5, 5.41) is 3.64. The molecule has 0 aromatic heterocycles. The number of likely N-dealkylation sites (N-methyl/N-ethyl adjacent to an activating group) is 1. The van der Waals surface area contributed by atoms with E-state index < -0.39 is 0 Å². The molecule has 2 unspecified atom stereocenters. The topological polar surface area (TPSA) is 34.1 Å². The first-order chi connectivity index (χ1) is 12.1. The maximum Gasteiger partial charge on any atom is 0.193 e. The number of hydrogen-bond acceptors (Lipinski definition) is 3. The lowest BCUT2D eigenvalue weighted by atomic mass is 9.87. The zero-order chi connectivity index (χ0) is 18.2. The van der Waals surface area contributed by atoms with Crippen molar-refractivity contribution in [2.24, 2.45) is 22.7 Å². The van der Waals surface area contributed by atoms with Gasteiger partial charge in [0, 0.05) is 59.4 Å². The monoisotopic (exact) mass is 479 g/mol. The summed E-state index contributed by atoms with van der Waals surface area (Å²) in [6.07, 6.45) is 3.94. The van der Waals surface area contributed by atoms with E-state index in [0.717, 1.165) is 30.9 Å². The fourth-order valence-corrected chi connectivity index (χ4v) is 4.45. The van der Waals surface area contributed by atoms with Crippen molar-refractivity contribution >= 4 is 29.9 Å². The van der Waals surface area contributed by atoms with Gasteiger partial charge in [0.25, 0.3) is 0 Å². The third-order valence-corrected chi connectivity index (χ3v) is 6.23. The Morgan fingerprint density at radius 2 is 1.77 bits per heavy atom. The first-order valence-corrected chi connectivity index (χ1v) is 10.4. The molecule has 2 saturated heterocycles. The molecule has 0 radical (unpaired) electrons. The summed E-state index contributed by atoms with van der Waals surface area (Å²) in [6, 6.07) is 0. The molecule has 2 aliphatic heterocycles. The molecular formula is C20H42IN5. The average molecular weight is 479 g/mol. The molecule has 26 heavy (non-hydrogen) atoms. The second-order valence-electron chi connectivity index (χ2n) is 8.21. The Hall–Kier alpha value is -0.0800. The highest BCUT2D eigenvalue weighted by Gasteiger charge is 2.29. The van der Waals surface area contributed by atoms with E-state index >= 15 is 0 Å². The maximum atomic E-state index is 4.56. The lowest BCUT2D eigenvalue weighted by molar-refractivity contribution is 0.139. The van der Waals surface area contributed by atoms with Gasteiger partial charge in [-0.25, -0.2) is 0 Å². The predicted molar refractivity (Wildman–Crippen MR) is 124 cm³/mol. The van der Waals surface area contributed by atoms with Crippen LogP contribution in [0.15, 0.2) is 4.99 Å². The van der Waals surface area contributed by atoms with Crippen LogP contribution >= 0.6 is 24.0 Å². The quantitative estimate of drug-likeness (QED) is 0.346. The molecule has 0 bridgehead atoms. The van der Waals surface area contributed by atoms with E-state index in [-0.39, 0.29) is 24.0 Å². The van der Waals surface area contributed by atoms with Gasteiger partial charge in [-0.15, -0.1) is 24.0 Å². The molecule has 2 rings (SSSR count). The van der Waals surface area contributed by atoms with Gasteiger partial charge in [-0.1, -0.05) is 33.6 Å². The number of rotatable bonds is 7. The van der Waals surface area contributed by atoms with E-state index in [0.29, 0.717) is 5.92 Å². The number of likely N-dealkylation sites (tertiary alicyclic amines) is 1. The van der Waals surface area contributed by atoms with Crippen LogP contribution in [0.2, 0.25) is 0 Å². The molecule has 2 heterocycles. The third kappa shape index (κ3) is 7.15. The molecule has 154 valence electrons. The van der Waals surface area contributed by atoms with Gasteiger partial charge in [0.05, 0.1) is 0 Å². The second kappa shape index (κ2) is 12.4. The summed E-state index contributed by atoms with van der Waals surface area (Å²) < 4.78 is 0. The number of halogens is 1. The SMILES string of the molecule is CCC(CC)C1CCN(C(=NC)NCC(C)CN2CCN(C)CC2)C1.I. The van der Waals surface area contributed by atoms with Gasteiger partial charge in [-0.3, -0.25) is 4.99 Å². The number of aliphatic imine (C=N–C) groups is 1. The molecule has 5 nitrogen and oxygen atoms in total. The molecule has 0 aliphatic carbocycles. The van der Waals surface area contributed by atoms with Crippen LogP contribution in [-0.2, 0) is 0 Å². The van der Waals surface area contributed by atoms with Gasteiger partial charge in [0.2, 0.25) is 0 Å². The minimum absolute atomic E-state index is 0. The molecule has 2 aliphatic rings. The molecular weight excluding hydrogens is 437 g/mol. The molecule has 0 aromatic carbocycles. The summed E-state index contributed by atoms with van der Waals surface area (Å²) >= 11 is 0. The molecule has 0 saturated carbocycles. The summed E-state index contributed by atoms with van der Waals surface area (Å²) in [6.45, 7) is 16.4. The zero-order valence-electron chi connectivity index (χ0n) is 17.7. The highest BCUT2D eigenvalue weighted by Crippen LogP contribution is 2.28. The molecule has 0 spiro atoms. The minimum Gasteiger partial charge on any atom is -0.356 e. The van der Waals surface area contributed by atoms with Crippen LogP contribution < -0.4 is 5.32 Å². The zero-order valence-corrected chi connectivity index (χ0v) is 20.0. The van der Waals surface area contributed by atoms with Crippen LogP contribution in [0, 0.1) is 17.8 Å². The van der Waals surface area contributed by atoms with Crippen LogP contribution in [0.25, 0.3) is 0 Å². The van der Waals surface area contributed by atoms with Crippen molar-refractivity contribution in [1.29, 1.82) is 0 Å². The van der Waals surface area contributed by atoms with Crippen molar-refractivity contribution < 1.29 is 0 Å². The number of nitrogens with zero attached hydrogens (tertiary/aromatic N) is 4. The van der Waals surface area contributed by atoms with Crippen LogP contribution in [0.3, 0.4) is 0 Å². The fraction of sp³-hybridized carbons (Fsp3) is 0.950. The van der Waals surface area contributed by atoms with Crippen LogP contribution in [0.1, 0.15) is 40.0 Å². The van der Waals surface area contributed by atoms with E-state index in [4.69, 9.17) is 0 Å². The Bertz CT molecular complexity index is 405. The highest BCUT2D eigenvalue weighted by atomic mass is 127. The van der Waals surface area contributed by atoms with Crippen molar-refractivity contribution in [1.82, 2.24) is 20.0 Å². The van der Waals surface area contributed by atoms with Gasteiger partial charge in [-0.05, 0) is 31.2 Å². The Morgan fingerprint density at radius 1 is 1.12 bits per heavy atom. The summed E-state index contributed by atoms with van der Waals surface area (Å²) in [5.74, 6) is 3.48. The minimum atomic E-state index is 0. The lowest BCUT2D eigenvalue weighted by Crippen LogP contribution is -2.48. The number of nitrogens with one attached hydrogen (secondary N) is 1. The van der Waals surface area contributed by atoms with Crippen LogP contribution in [0.4, 0.5) is 0 Å². The van der Waals surface area contributed by atoms with Crippen LogP contribution in [-0.4, -0.2) is 87.1 Å². The number of guanidine groups is 1. The standard InChI is InChI=1S/C20H41N5.HI/c1-6-18(7-2)19-8-9-25(16-19)20(21-4)22-14-17(3)15-24-12-10-23(5)11-13-24;/h17-19H,6-16H2,1-5H3,(H,21,22);1H. The van der Waals surface area contributed by atoms with E-state index in [2.05, 4.69) is 52.8 Å². The van der Waals surface area contributed by atoms with Crippen LogP contribution in [0.5, 0.6) is 0 Å². The predicted octanol–water partition coefficient (Wildman–Crippen LogP) is 2.82. The third-order valence-electron chi connectivity index (χ3n) is 6.23. The Labute approximate surface area is 179 Å². The maximum absolute atomic E-state index is 4.56. The van der Waals surface area contributed by atoms with Crippen molar-refractivity contribution in [3.63, 3.8) is 0 Å². The Balaban J connectivity index is 0.00000338. The summed E-state index contributed by atoms with van der Waals surface area (Å²) in [4.78, 5) is 12.1. The first kappa shape index (κ1) is 24.0. The molecule has 6 heteroatoms. The molecule has 0 aromatic rings. The fourth-order valence-electron chi connectivity index (χ4n) is 4.45. The first-order valence-electron chi connectivity index (χ1n) is 10.4. The van der Waals surface area contributed by atoms with Crippen molar-refractivity contribution in [2.45, 2.75) is 40.0 Å². The van der Waals surface area contributed by atoms with Gasteiger partial charge < -0.3 is 20.0 Å².